The molecule has 0 unspecified atom stereocenters. The number of hydrogen-bond acceptors (Lipinski definition) is 6. The summed E-state index contributed by atoms with van der Waals surface area (Å²) < 4.78 is 7.00. The maximum atomic E-state index is 12.6. The highest BCUT2D eigenvalue weighted by atomic mass is 32.1. The number of aromatic nitrogens is 3. The Kier molecular flexibility index (Phi) is 6.50. The quantitative estimate of drug-likeness (QED) is 0.581. The summed E-state index contributed by atoms with van der Waals surface area (Å²) >= 11 is 1.71. The number of carbonyl (C=O) groups is 2. The molecule has 3 heterocycles. The minimum Gasteiger partial charge on any atom is -0.381 e. The molecule has 1 fully saturated rings. The van der Waals surface area contributed by atoms with Gasteiger partial charge in [0.15, 0.2) is 0 Å². The van der Waals surface area contributed by atoms with E-state index in [4.69, 9.17) is 4.74 Å². The fourth-order valence-corrected chi connectivity index (χ4v) is 5.33. The average molecular weight is 466 g/mol. The van der Waals surface area contributed by atoms with Crippen molar-refractivity contribution in [2.24, 2.45) is 5.92 Å². The molecule has 0 atom stereocenters. The molecule has 1 saturated heterocycles. The van der Waals surface area contributed by atoms with Crippen LogP contribution in [0.15, 0.2) is 36.7 Å². The Morgan fingerprint density at radius 1 is 1.12 bits per heavy atom. The second-order valence-electron chi connectivity index (χ2n) is 8.46. The molecule has 2 aromatic heterocycles. The summed E-state index contributed by atoms with van der Waals surface area (Å²) in [5.74, 6) is -0.139. The summed E-state index contributed by atoms with van der Waals surface area (Å²) in [6, 6.07) is 7.24. The summed E-state index contributed by atoms with van der Waals surface area (Å²) in [7, 11) is 0. The van der Waals surface area contributed by atoms with Gasteiger partial charge in [-0.2, -0.15) is 5.10 Å². The molecule has 0 radical (unpaired) electrons. The maximum absolute atomic E-state index is 12.6. The summed E-state index contributed by atoms with van der Waals surface area (Å²) in [6.45, 7) is 1.71. The largest absolute Gasteiger partial charge is 0.381 e. The number of rotatable bonds is 6. The van der Waals surface area contributed by atoms with Crippen molar-refractivity contribution in [2.45, 2.75) is 45.1 Å². The Balaban J connectivity index is 1.16. The number of ether oxygens (including phenoxy) is 1. The predicted octanol–water partition coefficient (Wildman–Crippen LogP) is 3.50. The Labute approximate surface area is 196 Å². The SMILES string of the molecule is O=C(NCc1nc2c(s1)CCCC2)c1ccc(-n2cc(NC(=O)C3CCOCC3)cn2)cc1. The fourth-order valence-electron chi connectivity index (χ4n) is 4.24. The Bertz CT molecular complexity index is 1110. The van der Waals surface area contributed by atoms with E-state index in [9.17, 15) is 9.59 Å². The van der Waals surface area contributed by atoms with E-state index < -0.39 is 0 Å². The normalized spacial score (nSPS) is 16.2. The lowest BCUT2D eigenvalue weighted by Gasteiger charge is -2.20. The molecule has 1 aromatic carbocycles. The molecule has 1 aliphatic carbocycles. The molecule has 3 aromatic rings. The van der Waals surface area contributed by atoms with Crippen LogP contribution < -0.4 is 10.6 Å². The highest BCUT2D eigenvalue weighted by Gasteiger charge is 2.22. The van der Waals surface area contributed by atoms with Gasteiger partial charge in [-0.15, -0.1) is 11.3 Å². The van der Waals surface area contributed by atoms with E-state index in [1.165, 1.54) is 23.4 Å². The smallest absolute Gasteiger partial charge is 0.251 e. The van der Waals surface area contributed by atoms with Gasteiger partial charge in [0.05, 0.1) is 36.0 Å². The molecule has 0 saturated carbocycles. The fraction of sp³-hybridized carbons (Fsp3) is 0.417. The zero-order chi connectivity index (χ0) is 22.6. The standard InChI is InChI=1S/C24H27N5O3S/c30-23(25-14-22-28-20-3-1-2-4-21(20)33-22)16-5-7-19(8-6-16)29-15-18(13-26-29)27-24(31)17-9-11-32-12-10-17/h5-8,13,15,17H,1-4,9-12,14H2,(H,25,30)(H,27,31). The van der Waals surface area contributed by atoms with Gasteiger partial charge in [-0.1, -0.05) is 0 Å². The van der Waals surface area contributed by atoms with E-state index in [1.54, 1.807) is 40.5 Å². The lowest BCUT2D eigenvalue weighted by Crippen LogP contribution is -2.28. The first-order valence-corrected chi connectivity index (χ1v) is 12.3. The number of carbonyl (C=O) groups excluding carboxylic acids is 2. The number of amides is 2. The van der Waals surface area contributed by atoms with Crippen molar-refractivity contribution in [3.8, 4) is 5.69 Å². The molecule has 8 nitrogen and oxygen atoms in total. The summed E-state index contributed by atoms with van der Waals surface area (Å²) in [6.07, 6.45) is 9.49. The van der Waals surface area contributed by atoms with Crippen molar-refractivity contribution in [3.05, 3.63) is 57.8 Å². The minimum atomic E-state index is -0.125. The van der Waals surface area contributed by atoms with Gasteiger partial charge in [0.2, 0.25) is 5.91 Å². The van der Waals surface area contributed by atoms with Crippen LogP contribution in [0.2, 0.25) is 0 Å². The number of thiazole rings is 1. The van der Waals surface area contributed by atoms with Crippen molar-refractivity contribution in [2.75, 3.05) is 18.5 Å². The van der Waals surface area contributed by atoms with Crippen LogP contribution in [0.5, 0.6) is 0 Å². The number of benzene rings is 1. The number of nitrogens with zero attached hydrogens (tertiary/aromatic N) is 3. The molecule has 0 spiro atoms. The van der Waals surface area contributed by atoms with Gasteiger partial charge in [0.1, 0.15) is 5.01 Å². The second-order valence-corrected chi connectivity index (χ2v) is 9.63. The number of nitrogens with one attached hydrogen (secondary N) is 2. The summed E-state index contributed by atoms with van der Waals surface area (Å²) in [4.78, 5) is 31.0. The lowest BCUT2D eigenvalue weighted by molar-refractivity contribution is -0.122. The van der Waals surface area contributed by atoms with Gasteiger partial charge >= 0.3 is 0 Å². The Hall–Kier alpha value is -3.04. The van der Waals surface area contributed by atoms with Crippen LogP contribution in [-0.4, -0.2) is 39.8 Å². The molecule has 2 amide bonds. The monoisotopic (exact) mass is 465 g/mol. The van der Waals surface area contributed by atoms with Crippen LogP contribution in [0.3, 0.4) is 0 Å². The van der Waals surface area contributed by atoms with E-state index in [2.05, 4.69) is 20.7 Å². The Morgan fingerprint density at radius 3 is 2.70 bits per heavy atom. The van der Waals surface area contributed by atoms with E-state index >= 15 is 0 Å². The summed E-state index contributed by atoms with van der Waals surface area (Å²) in [5, 5.41) is 11.2. The lowest BCUT2D eigenvalue weighted by atomic mass is 9.99. The molecule has 2 aliphatic rings. The van der Waals surface area contributed by atoms with Gasteiger partial charge < -0.3 is 15.4 Å². The molecule has 172 valence electrons. The third-order valence-corrected chi connectivity index (χ3v) is 7.28. The number of aryl methyl sites for hydroxylation is 2. The zero-order valence-corrected chi connectivity index (χ0v) is 19.2. The average Bonchev–Trinajstić information content (AvgIpc) is 3.50. The third-order valence-electron chi connectivity index (χ3n) is 6.13. The van der Waals surface area contributed by atoms with Crippen LogP contribution in [0, 0.1) is 5.92 Å². The molecule has 5 rings (SSSR count). The van der Waals surface area contributed by atoms with Gasteiger partial charge in [-0.05, 0) is 62.8 Å². The van der Waals surface area contributed by atoms with E-state index in [0.717, 1.165) is 36.4 Å². The number of hydrogen-bond donors (Lipinski definition) is 2. The zero-order valence-electron chi connectivity index (χ0n) is 18.4. The van der Waals surface area contributed by atoms with Crippen molar-refractivity contribution in [1.82, 2.24) is 20.1 Å². The van der Waals surface area contributed by atoms with Gasteiger partial charge in [0.25, 0.3) is 5.91 Å². The van der Waals surface area contributed by atoms with Crippen LogP contribution in [0.1, 0.15) is 51.6 Å². The van der Waals surface area contributed by atoms with Gasteiger partial charge in [0, 0.05) is 29.6 Å². The molecule has 2 N–H and O–H groups in total. The second kappa shape index (κ2) is 9.84. The van der Waals surface area contributed by atoms with Crippen molar-refractivity contribution >= 4 is 28.8 Å². The molecular formula is C24H27N5O3S. The molecule has 33 heavy (non-hydrogen) atoms. The highest BCUT2D eigenvalue weighted by molar-refractivity contribution is 7.11. The number of fused-ring (bicyclic) bond motifs is 1. The van der Waals surface area contributed by atoms with Crippen LogP contribution in [-0.2, 0) is 28.9 Å². The maximum Gasteiger partial charge on any atom is 0.251 e. The molecule has 0 bridgehead atoms. The highest BCUT2D eigenvalue weighted by Crippen LogP contribution is 2.26. The minimum absolute atomic E-state index is 0.00551. The third kappa shape index (κ3) is 5.15. The topological polar surface area (TPSA) is 98.1 Å². The Morgan fingerprint density at radius 2 is 1.91 bits per heavy atom. The first-order chi connectivity index (χ1) is 16.2. The van der Waals surface area contributed by atoms with Crippen LogP contribution >= 0.6 is 11.3 Å². The van der Waals surface area contributed by atoms with Crippen molar-refractivity contribution in [3.63, 3.8) is 0 Å². The van der Waals surface area contributed by atoms with Crippen LogP contribution in [0.4, 0.5) is 5.69 Å². The van der Waals surface area contributed by atoms with E-state index in [-0.39, 0.29) is 17.7 Å². The first kappa shape index (κ1) is 21.8. The summed E-state index contributed by atoms with van der Waals surface area (Å²) in [5.41, 5.74) is 3.26. The molecule has 1 aliphatic heterocycles. The predicted molar refractivity (Wildman–Crippen MR) is 126 cm³/mol. The van der Waals surface area contributed by atoms with Gasteiger partial charge in [-0.25, -0.2) is 9.67 Å². The molecule has 9 heteroatoms. The van der Waals surface area contributed by atoms with Crippen LogP contribution in [0.25, 0.3) is 5.69 Å². The molecular weight excluding hydrogens is 438 g/mol. The first-order valence-electron chi connectivity index (χ1n) is 11.4. The number of anilines is 1. The van der Waals surface area contributed by atoms with Crippen molar-refractivity contribution in [1.29, 1.82) is 0 Å². The van der Waals surface area contributed by atoms with Crippen molar-refractivity contribution < 1.29 is 14.3 Å². The van der Waals surface area contributed by atoms with Gasteiger partial charge in [-0.3, -0.25) is 9.59 Å². The van der Waals surface area contributed by atoms with E-state index in [0.29, 0.717) is 31.0 Å². The van der Waals surface area contributed by atoms with E-state index in [1.807, 2.05) is 12.1 Å².